The molecular weight excluding hydrogens is 239 g/mol. The van der Waals surface area contributed by atoms with Gasteiger partial charge in [0.2, 0.25) is 0 Å². The summed E-state index contributed by atoms with van der Waals surface area (Å²) >= 11 is 0. The molecule has 0 aliphatic carbocycles. The first-order valence-corrected chi connectivity index (χ1v) is 5.37. The topological polar surface area (TPSA) is 49.8 Å². The molecule has 0 aromatic carbocycles. The molecule has 0 aromatic rings. The van der Waals surface area contributed by atoms with Crippen molar-refractivity contribution in [1.82, 2.24) is 4.90 Å². The summed E-state index contributed by atoms with van der Waals surface area (Å²) in [6.45, 7) is 3.64. The molecule has 7 heteroatoms. The third kappa shape index (κ3) is 4.16. The van der Waals surface area contributed by atoms with Gasteiger partial charge in [-0.15, -0.1) is 0 Å². The molecule has 4 nitrogen and oxygen atoms in total. The Labute approximate surface area is 97.3 Å². The maximum absolute atomic E-state index is 12.5. The molecule has 0 radical (unpaired) electrons. The van der Waals surface area contributed by atoms with Crippen LogP contribution >= 0.6 is 0 Å². The molecule has 0 spiro atoms. The Bertz CT molecular complexity index is 272. The van der Waals surface area contributed by atoms with Crippen molar-refractivity contribution >= 4 is 5.97 Å². The summed E-state index contributed by atoms with van der Waals surface area (Å²) in [7, 11) is 0. The summed E-state index contributed by atoms with van der Waals surface area (Å²) < 4.78 is 42.8. The van der Waals surface area contributed by atoms with E-state index >= 15 is 0 Å². The fourth-order valence-electron chi connectivity index (χ4n) is 2.01. The van der Waals surface area contributed by atoms with E-state index in [0.717, 1.165) is 0 Å². The zero-order chi connectivity index (χ0) is 13.2. The second-order valence-corrected chi connectivity index (χ2v) is 4.41. The van der Waals surface area contributed by atoms with Gasteiger partial charge in [-0.1, -0.05) is 0 Å². The summed E-state index contributed by atoms with van der Waals surface area (Å²) in [5.41, 5.74) is 0. The van der Waals surface area contributed by atoms with Crippen LogP contribution in [0.4, 0.5) is 13.2 Å². The van der Waals surface area contributed by atoms with Gasteiger partial charge in [-0.3, -0.25) is 9.69 Å². The number of carboxylic acid groups (broad SMARTS) is 1. The molecule has 3 atom stereocenters. The zero-order valence-electron chi connectivity index (χ0n) is 9.70. The Kier molecular flexibility index (Phi) is 4.37. The second kappa shape index (κ2) is 5.22. The number of morpholine rings is 1. The average Bonchev–Trinajstić information content (AvgIpc) is 2.10. The highest BCUT2D eigenvalue weighted by molar-refractivity contribution is 5.71. The predicted molar refractivity (Wildman–Crippen MR) is 53.6 cm³/mol. The fourth-order valence-corrected chi connectivity index (χ4v) is 2.01. The van der Waals surface area contributed by atoms with Crippen LogP contribution in [-0.2, 0) is 9.53 Å². The minimum atomic E-state index is -4.71. The highest BCUT2D eigenvalue weighted by Gasteiger charge is 2.46. The van der Waals surface area contributed by atoms with E-state index in [2.05, 4.69) is 0 Å². The van der Waals surface area contributed by atoms with E-state index in [-0.39, 0.29) is 12.2 Å². The standard InChI is InChI=1S/C10H16F3NO3/c1-6-3-14(4-7(2)17-6)5-8(9(15)16)10(11,12)13/h6-8H,3-5H2,1-2H3,(H,15,16)/t6-,7+,8?. The molecule has 1 saturated heterocycles. The second-order valence-electron chi connectivity index (χ2n) is 4.41. The number of hydrogen-bond donors (Lipinski definition) is 1. The number of alkyl halides is 3. The van der Waals surface area contributed by atoms with Gasteiger partial charge in [0.1, 0.15) is 0 Å². The molecule has 1 unspecified atom stereocenters. The van der Waals surface area contributed by atoms with Crippen LogP contribution in [0.1, 0.15) is 13.8 Å². The Balaban J connectivity index is 2.64. The van der Waals surface area contributed by atoms with E-state index in [0.29, 0.717) is 13.1 Å². The Hall–Kier alpha value is -0.820. The normalized spacial score (nSPS) is 29.0. The van der Waals surface area contributed by atoms with Crippen molar-refractivity contribution in [2.24, 2.45) is 5.92 Å². The van der Waals surface area contributed by atoms with Crippen LogP contribution in [0.25, 0.3) is 0 Å². The molecule has 0 amide bonds. The van der Waals surface area contributed by atoms with Crippen molar-refractivity contribution in [3.05, 3.63) is 0 Å². The quantitative estimate of drug-likeness (QED) is 0.827. The number of nitrogens with zero attached hydrogens (tertiary/aromatic N) is 1. The molecule has 17 heavy (non-hydrogen) atoms. The number of aliphatic carboxylic acids is 1. The fraction of sp³-hybridized carbons (Fsp3) is 0.900. The summed E-state index contributed by atoms with van der Waals surface area (Å²) in [4.78, 5) is 12.1. The van der Waals surface area contributed by atoms with Gasteiger partial charge in [0, 0.05) is 19.6 Å². The predicted octanol–water partition coefficient (Wildman–Crippen LogP) is 1.36. The number of carbonyl (C=O) groups is 1. The van der Waals surface area contributed by atoms with Crippen molar-refractivity contribution in [3.8, 4) is 0 Å². The largest absolute Gasteiger partial charge is 0.481 e. The lowest BCUT2D eigenvalue weighted by Crippen LogP contribution is -2.50. The van der Waals surface area contributed by atoms with E-state index in [9.17, 15) is 18.0 Å². The number of hydrogen-bond acceptors (Lipinski definition) is 3. The van der Waals surface area contributed by atoms with E-state index in [4.69, 9.17) is 9.84 Å². The highest BCUT2D eigenvalue weighted by atomic mass is 19.4. The zero-order valence-corrected chi connectivity index (χ0v) is 9.70. The maximum Gasteiger partial charge on any atom is 0.403 e. The summed E-state index contributed by atoms with van der Waals surface area (Å²) in [6.07, 6.45) is -5.07. The monoisotopic (exact) mass is 255 g/mol. The van der Waals surface area contributed by atoms with Crippen molar-refractivity contribution in [2.75, 3.05) is 19.6 Å². The molecule has 1 N–H and O–H groups in total. The number of carboxylic acids is 1. The summed E-state index contributed by atoms with van der Waals surface area (Å²) in [6, 6.07) is 0. The van der Waals surface area contributed by atoms with E-state index in [1.54, 1.807) is 13.8 Å². The number of ether oxygens (including phenoxy) is 1. The van der Waals surface area contributed by atoms with Crippen LogP contribution in [0.5, 0.6) is 0 Å². The van der Waals surface area contributed by atoms with Crippen molar-refractivity contribution in [3.63, 3.8) is 0 Å². The van der Waals surface area contributed by atoms with Gasteiger partial charge in [0.15, 0.2) is 5.92 Å². The minimum Gasteiger partial charge on any atom is -0.481 e. The third-order valence-electron chi connectivity index (χ3n) is 2.63. The van der Waals surface area contributed by atoms with Gasteiger partial charge < -0.3 is 9.84 Å². The van der Waals surface area contributed by atoms with Crippen LogP contribution in [0.2, 0.25) is 0 Å². The molecule has 100 valence electrons. The maximum atomic E-state index is 12.5. The van der Waals surface area contributed by atoms with Gasteiger partial charge in [-0.2, -0.15) is 13.2 Å². The molecule has 1 aliphatic heterocycles. The van der Waals surface area contributed by atoms with Crippen LogP contribution < -0.4 is 0 Å². The van der Waals surface area contributed by atoms with Gasteiger partial charge in [0.05, 0.1) is 12.2 Å². The lowest BCUT2D eigenvalue weighted by Gasteiger charge is -2.36. The number of halogens is 3. The van der Waals surface area contributed by atoms with Crippen molar-refractivity contribution in [1.29, 1.82) is 0 Å². The minimum absolute atomic E-state index is 0.179. The van der Waals surface area contributed by atoms with Gasteiger partial charge in [-0.25, -0.2) is 0 Å². The molecular formula is C10H16F3NO3. The SMILES string of the molecule is C[C@@H]1CN(CC(C(=O)O)C(F)(F)F)C[C@H](C)O1. The number of rotatable bonds is 3. The average molecular weight is 255 g/mol. The molecule has 1 rings (SSSR count). The first-order chi connectivity index (χ1) is 7.70. The summed E-state index contributed by atoms with van der Waals surface area (Å²) in [5, 5.41) is 8.59. The lowest BCUT2D eigenvalue weighted by molar-refractivity contribution is -0.200. The van der Waals surface area contributed by atoms with Crippen LogP contribution in [0, 0.1) is 5.92 Å². The van der Waals surface area contributed by atoms with Crippen molar-refractivity contribution in [2.45, 2.75) is 32.2 Å². The molecule has 0 bridgehead atoms. The third-order valence-corrected chi connectivity index (χ3v) is 2.63. The van der Waals surface area contributed by atoms with E-state index < -0.39 is 24.6 Å². The van der Waals surface area contributed by atoms with Crippen LogP contribution in [-0.4, -0.2) is 54.0 Å². The molecule has 1 aliphatic rings. The Morgan fingerprint density at radius 1 is 1.41 bits per heavy atom. The van der Waals surface area contributed by atoms with Gasteiger partial charge in [0.25, 0.3) is 0 Å². The molecule has 0 aromatic heterocycles. The Morgan fingerprint density at radius 3 is 2.24 bits per heavy atom. The van der Waals surface area contributed by atoms with Crippen LogP contribution in [0.3, 0.4) is 0 Å². The molecule has 1 heterocycles. The highest BCUT2D eigenvalue weighted by Crippen LogP contribution is 2.28. The summed E-state index contributed by atoms with van der Waals surface area (Å²) in [5.74, 6) is -4.16. The smallest absolute Gasteiger partial charge is 0.403 e. The molecule has 1 fully saturated rings. The van der Waals surface area contributed by atoms with Gasteiger partial charge >= 0.3 is 12.1 Å². The van der Waals surface area contributed by atoms with E-state index in [1.165, 1.54) is 4.90 Å². The molecule has 0 saturated carbocycles. The van der Waals surface area contributed by atoms with E-state index in [1.807, 2.05) is 0 Å². The van der Waals surface area contributed by atoms with Crippen LogP contribution in [0.15, 0.2) is 0 Å². The van der Waals surface area contributed by atoms with Crippen molar-refractivity contribution < 1.29 is 27.8 Å². The first kappa shape index (κ1) is 14.2. The Morgan fingerprint density at radius 2 is 1.88 bits per heavy atom. The lowest BCUT2D eigenvalue weighted by atomic mass is 10.1. The van der Waals surface area contributed by atoms with Gasteiger partial charge in [-0.05, 0) is 13.8 Å². The first-order valence-electron chi connectivity index (χ1n) is 5.37.